The smallest absolute Gasteiger partial charge is 0.130 e. The fraction of sp³-hybridized carbons (Fsp3) is 0.200. The molecule has 0 unspecified atom stereocenters. The summed E-state index contributed by atoms with van der Waals surface area (Å²) in [5.74, 6) is 0.837. The molecule has 2 rings (SSSR count). The van der Waals surface area contributed by atoms with Gasteiger partial charge in [0.2, 0.25) is 0 Å². The Kier molecular flexibility index (Phi) is 4.04. The molecule has 0 atom stereocenters. The van der Waals surface area contributed by atoms with Gasteiger partial charge in [0, 0.05) is 10.9 Å². The number of nitrogens with one attached hydrogen (secondary N) is 1. The van der Waals surface area contributed by atoms with Gasteiger partial charge in [-0.05, 0) is 18.4 Å². The number of thioether (sulfide) groups is 1. The zero-order valence-electron chi connectivity index (χ0n) is 8.61. The van der Waals surface area contributed by atoms with Crippen molar-refractivity contribution in [3.63, 3.8) is 0 Å². The van der Waals surface area contributed by atoms with E-state index in [4.69, 9.17) is 11.6 Å². The largest absolute Gasteiger partial charge is 0.365 e. The number of rotatable bonds is 4. The monoisotopic (exact) mass is 271 g/mol. The van der Waals surface area contributed by atoms with Crippen LogP contribution in [0, 0.1) is 0 Å². The zero-order chi connectivity index (χ0) is 11.4. The normalized spacial score (nSPS) is 10.4. The first-order chi connectivity index (χ1) is 7.78. The van der Waals surface area contributed by atoms with Crippen LogP contribution in [0.2, 0.25) is 4.34 Å². The molecule has 0 saturated carbocycles. The summed E-state index contributed by atoms with van der Waals surface area (Å²) in [6, 6.07) is 5.84. The molecule has 0 aliphatic rings. The highest BCUT2D eigenvalue weighted by atomic mass is 35.5. The molecular formula is C10H10ClN3S2. The van der Waals surface area contributed by atoms with Crippen molar-refractivity contribution >= 4 is 40.5 Å². The molecule has 0 fully saturated rings. The Hall–Kier alpha value is -0.780. The summed E-state index contributed by atoms with van der Waals surface area (Å²) >= 11 is 9.02. The molecule has 0 aromatic carbocycles. The van der Waals surface area contributed by atoms with E-state index in [0.29, 0.717) is 0 Å². The van der Waals surface area contributed by atoms with E-state index in [2.05, 4.69) is 15.3 Å². The van der Waals surface area contributed by atoms with Gasteiger partial charge in [0.15, 0.2) is 0 Å². The number of halogens is 1. The standard InChI is InChI=1S/C10H10ClN3S2/c1-15-10-4-9(13-6-14-10)12-5-7-2-3-8(11)16-7/h2-4,6H,5H2,1H3,(H,12,13,14). The SMILES string of the molecule is CSc1cc(NCc2ccc(Cl)s2)ncn1. The van der Waals surface area contributed by atoms with Crippen molar-refractivity contribution < 1.29 is 0 Å². The van der Waals surface area contributed by atoms with Crippen molar-refractivity contribution in [3.8, 4) is 0 Å². The van der Waals surface area contributed by atoms with Crippen LogP contribution in [0.15, 0.2) is 29.6 Å². The summed E-state index contributed by atoms with van der Waals surface area (Å²) in [5, 5.41) is 4.20. The number of thiophene rings is 1. The van der Waals surface area contributed by atoms with Crippen LogP contribution in [0.3, 0.4) is 0 Å². The molecule has 6 heteroatoms. The third kappa shape index (κ3) is 3.10. The second-order valence-corrected chi connectivity index (χ2v) is 5.63. The van der Waals surface area contributed by atoms with E-state index in [0.717, 1.165) is 21.7 Å². The highest BCUT2D eigenvalue weighted by Crippen LogP contribution is 2.22. The van der Waals surface area contributed by atoms with Crippen LogP contribution in [-0.2, 0) is 6.54 Å². The molecule has 0 bridgehead atoms. The van der Waals surface area contributed by atoms with Gasteiger partial charge in [-0.15, -0.1) is 23.1 Å². The number of nitrogens with zero attached hydrogens (tertiary/aromatic N) is 2. The fourth-order valence-corrected chi connectivity index (χ4v) is 2.58. The van der Waals surface area contributed by atoms with Crippen molar-refractivity contribution in [2.45, 2.75) is 11.6 Å². The molecular weight excluding hydrogens is 262 g/mol. The van der Waals surface area contributed by atoms with Crippen LogP contribution in [-0.4, -0.2) is 16.2 Å². The Balaban J connectivity index is 1.99. The van der Waals surface area contributed by atoms with Gasteiger partial charge in [-0.25, -0.2) is 9.97 Å². The maximum atomic E-state index is 5.85. The number of anilines is 1. The zero-order valence-corrected chi connectivity index (χ0v) is 11.0. The lowest BCUT2D eigenvalue weighted by molar-refractivity contribution is 1.03. The Morgan fingerprint density at radius 2 is 2.31 bits per heavy atom. The van der Waals surface area contributed by atoms with Crippen molar-refractivity contribution in [2.75, 3.05) is 11.6 Å². The van der Waals surface area contributed by atoms with E-state index in [9.17, 15) is 0 Å². The molecule has 2 aromatic rings. The van der Waals surface area contributed by atoms with Gasteiger partial charge in [0.1, 0.15) is 17.2 Å². The first-order valence-corrected chi connectivity index (χ1v) is 7.04. The molecule has 1 N–H and O–H groups in total. The molecule has 0 spiro atoms. The lowest BCUT2D eigenvalue weighted by atomic mass is 10.4. The van der Waals surface area contributed by atoms with E-state index in [1.165, 1.54) is 4.88 Å². The van der Waals surface area contributed by atoms with E-state index < -0.39 is 0 Å². The summed E-state index contributed by atoms with van der Waals surface area (Å²) in [4.78, 5) is 9.44. The Labute approximate surface area is 107 Å². The molecule has 0 radical (unpaired) electrons. The lowest BCUT2D eigenvalue weighted by Gasteiger charge is -2.04. The maximum Gasteiger partial charge on any atom is 0.130 e. The predicted molar refractivity (Wildman–Crippen MR) is 70.5 cm³/mol. The van der Waals surface area contributed by atoms with E-state index in [-0.39, 0.29) is 0 Å². The van der Waals surface area contributed by atoms with Gasteiger partial charge < -0.3 is 5.32 Å². The van der Waals surface area contributed by atoms with Gasteiger partial charge >= 0.3 is 0 Å². The Bertz CT molecular complexity index is 473. The summed E-state index contributed by atoms with van der Waals surface area (Å²) in [7, 11) is 0. The van der Waals surface area contributed by atoms with Crippen LogP contribution in [0.25, 0.3) is 0 Å². The summed E-state index contributed by atoms with van der Waals surface area (Å²) < 4.78 is 0.810. The topological polar surface area (TPSA) is 37.8 Å². The molecule has 2 aromatic heterocycles. The second kappa shape index (κ2) is 5.52. The molecule has 0 aliphatic heterocycles. The van der Waals surface area contributed by atoms with Gasteiger partial charge in [-0.3, -0.25) is 0 Å². The van der Waals surface area contributed by atoms with E-state index >= 15 is 0 Å². The third-order valence-electron chi connectivity index (χ3n) is 1.92. The van der Waals surface area contributed by atoms with E-state index in [1.807, 2.05) is 24.5 Å². The van der Waals surface area contributed by atoms with Crippen molar-refractivity contribution in [1.82, 2.24) is 9.97 Å². The van der Waals surface area contributed by atoms with Crippen LogP contribution in [0.4, 0.5) is 5.82 Å². The van der Waals surface area contributed by atoms with Gasteiger partial charge in [-0.1, -0.05) is 11.6 Å². The van der Waals surface area contributed by atoms with Crippen LogP contribution in [0.1, 0.15) is 4.88 Å². The first-order valence-electron chi connectivity index (χ1n) is 4.62. The van der Waals surface area contributed by atoms with Gasteiger partial charge in [0.25, 0.3) is 0 Å². The molecule has 3 nitrogen and oxygen atoms in total. The molecule has 84 valence electrons. The quantitative estimate of drug-likeness (QED) is 0.682. The molecule has 0 aliphatic carbocycles. The first kappa shape index (κ1) is 11.7. The van der Waals surface area contributed by atoms with E-state index in [1.54, 1.807) is 29.4 Å². The average molecular weight is 272 g/mol. The highest BCUT2D eigenvalue weighted by Gasteiger charge is 2.00. The van der Waals surface area contributed by atoms with Gasteiger partial charge in [0.05, 0.1) is 10.9 Å². The third-order valence-corrected chi connectivity index (χ3v) is 3.80. The fourth-order valence-electron chi connectivity index (χ4n) is 1.17. The predicted octanol–water partition coefficient (Wildman–Crippen LogP) is 3.53. The molecule has 0 amide bonds. The van der Waals surface area contributed by atoms with Crippen molar-refractivity contribution in [1.29, 1.82) is 0 Å². The number of aromatic nitrogens is 2. The Morgan fingerprint density at radius 1 is 1.44 bits per heavy atom. The second-order valence-electron chi connectivity index (χ2n) is 3.00. The van der Waals surface area contributed by atoms with Crippen LogP contribution in [0.5, 0.6) is 0 Å². The number of hydrogen-bond acceptors (Lipinski definition) is 5. The van der Waals surface area contributed by atoms with Crippen molar-refractivity contribution in [2.24, 2.45) is 0 Å². The van der Waals surface area contributed by atoms with Gasteiger partial charge in [-0.2, -0.15) is 0 Å². The summed E-state index contributed by atoms with van der Waals surface area (Å²) in [5.41, 5.74) is 0. The summed E-state index contributed by atoms with van der Waals surface area (Å²) in [6.07, 6.45) is 3.56. The minimum Gasteiger partial charge on any atom is -0.365 e. The number of hydrogen-bond donors (Lipinski definition) is 1. The minimum atomic E-state index is 0.738. The molecule has 2 heterocycles. The molecule has 16 heavy (non-hydrogen) atoms. The average Bonchev–Trinajstić information content (AvgIpc) is 2.73. The van der Waals surface area contributed by atoms with Crippen LogP contribution >= 0.6 is 34.7 Å². The van der Waals surface area contributed by atoms with Crippen LogP contribution < -0.4 is 5.32 Å². The molecule has 0 saturated heterocycles. The van der Waals surface area contributed by atoms with Crippen molar-refractivity contribution in [3.05, 3.63) is 33.7 Å². The maximum absolute atomic E-state index is 5.85. The lowest BCUT2D eigenvalue weighted by Crippen LogP contribution is -2.00. The summed E-state index contributed by atoms with van der Waals surface area (Å²) in [6.45, 7) is 0.738. The highest BCUT2D eigenvalue weighted by molar-refractivity contribution is 7.98. The minimum absolute atomic E-state index is 0.738. The Morgan fingerprint density at radius 3 is 3.00 bits per heavy atom.